The Balaban J connectivity index is 1.93. The second kappa shape index (κ2) is 12.9. The molecule has 0 radical (unpaired) electrons. The molecule has 0 aliphatic heterocycles. The van der Waals surface area contributed by atoms with E-state index in [1.165, 1.54) is 11.9 Å². The number of carbonyl (C=O) groups excluding carboxylic acids is 2. The van der Waals surface area contributed by atoms with Crippen molar-refractivity contribution >= 4 is 33.4 Å². The molecule has 1 N–H and O–H groups in total. The summed E-state index contributed by atoms with van der Waals surface area (Å²) in [5.74, 6) is -0.803. The zero-order chi connectivity index (χ0) is 27.0. The van der Waals surface area contributed by atoms with Gasteiger partial charge in [0.2, 0.25) is 21.8 Å². The minimum atomic E-state index is -3.60. The minimum absolute atomic E-state index is 0.114. The second-order valence-corrected chi connectivity index (χ2v) is 11.6. The molecule has 0 heterocycles. The monoisotopic (exact) mass is 541 g/mol. The minimum Gasteiger partial charge on any atom is -0.350 e. The summed E-state index contributed by atoms with van der Waals surface area (Å²) < 4.78 is 25.0. The molecule has 3 aromatic rings. The van der Waals surface area contributed by atoms with Gasteiger partial charge in [0.25, 0.3) is 0 Å². The fourth-order valence-electron chi connectivity index (χ4n) is 3.75. The van der Waals surface area contributed by atoms with Gasteiger partial charge in [-0.3, -0.25) is 9.59 Å². The van der Waals surface area contributed by atoms with E-state index in [1.54, 1.807) is 24.3 Å². The smallest absolute Gasteiger partial charge is 0.243 e. The summed E-state index contributed by atoms with van der Waals surface area (Å²) in [7, 11) is -2.25. The molecule has 0 saturated heterocycles. The van der Waals surface area contributed by atoms with E-state index < -0.39 is 22.0 Å². The summed E-state index contributed by atoms with van der Waals surface area (Å²) in [6.45, 7) is 2.02. The Morgan fingerprint density at radius 1 is 0.892 bits per heavy atom. The molecular weight excluding hydrogens is 510 g/mol. The SMILES string of the molecule is Cc1ccc(CNC(=O)[C@H](Cc2ccccc2)N(Cc2ccc(Cl)cc2)C(=O)CN(C)S(C)(=O)=O)cc1. The van der Waals surface area contributed by atoms with E-state index in [0.29, 0.717) is 11.6 Å². The first-order valence-electron chi connectivity index (χ1n) is 11.9. The molecule has 3 rings (SSSR count). The maximum Gasteiger partial charge on any atom is 0.243 e. The molecule has 7 nitrogen and oxygen atoms in total. The van der Waals surface area contributed by atoms with Gasteiger partial charge in [-0.2, -0.15) is 4.31 Å². The van der Waals surface area contributed by atoms with Crippen LogP contribution in [0.1, 0.15) is 22.3 Å². The lowest BCUT2D eigenvalue weighted by Crippen LogP contribution is -2.52. The van der Waals surface area contributed by atoms with Gasteiger partial charge in [0.05, 0.1) is 12.8 Å². The van der Waals surface area contributed by atoms with E-state index in [-0.39, 0.29) is 25.4 Å². The molecule has 0 bridgehead atoms. The molecule has 9 heteroatoms. The van der Waals surface area contributed by atoms with Crippen molar-refractivity contribution in [2.24, 2.45) is 0 Å². The van der Waals surface area contributed by atoms with Crippen LogP contribution >= 0.6 is 11.6 Å². The normalized spacial score (nSPS) is 12.2. The first-order valence-corrected chi connectivity index (χ1v) is 14.1. The largest absolute Gasteiger partial charge is 0.350 e. The molecule has 0 saturated carbocycles. The second-order valence-electron chi connectivity index (χ2n) is 9.08. The third-order valence-electron chi connectivity index (χ3n) is 6.05. The lowest BCUT2D eigenvalue weighted by Gasteiger charge is -2.32. The molecule has 0 aliphatic rings. The van der Waals surface area contributed by atoms with Gasteiger partial charge in [0.15, 0.2) is 0 Å². The number of nitrogens with zero attached hydrogens (tertiary/aromatic N) is 2. The van der Waals surface area contributed by atoms with Crippen LogP contribution < -0.4 is 5.32 Å². The summed E-state index contributed by atoms with van der Waals surface area (Å²) in [6.07, 6.45) is 1.31. The van der Waals surface area contributed by atoms with Crippen LogP contribution in [0.5, 0.6) is 0 Å². The van der Waals surface area contributed by atoms with Crippen LogP contribution in [0.4, 0.5) is 0 Å². The topological polar surface area (TPSA) is 86.8 Å². The fraction of sp³-hybridized carbons (Fsp3) is 0.286. The maximum atomic E-state index is 13.6. The molecule has 0 spiro atoms. The summed E-state index contributed by atoms with van der Waals surface area (Å²) in [5, 5.41) is 3.52. The maximum absolute atomic E-state index is 13.6. The molecule has 1 atom stereocenters. The van der Waals surface area contributed by atoms with Crippen molar-refractivity contribution in [3.8, 4) is 0 Å². The van der Waals surface area contributed by atoms with Crippen LogP contribution in [0.25, 0.3) is 0 Å². The highest BCUT2D eigenvalue weighted by molar-refractivity contribution is 7.88. The number of hydrogen-bond acceptors (Lipinski definition) is 4. The first kappa shape index (κ1) is 28.4. The molecule has 0 aromatic heterocycles. The van der Waals surface area contributed by atoms with Gasteiger partial charge < -0.3 is 10.2 Å². The molecule has 0 aliphatic carbocycles. The van der Waals surface area contributed by atoms with Crippen molar-refractivity contribution in [2.75, 3.05) is 19.8 Å². The molecule has 3 aromatic carbocycles. The van der Waals surface area contributed by atoms with Crippen molar-refractivity contribution in [1.82, 2.24) is 14.5 Å². The van der Waals surface area contributed by atoms with Gasteiger partial charge >= 0.3 is 0 Å². The third kappa shape index (κ3) is 8.70. The lowest BCUT2D eigenvalue weighted by atomic mass is 10.0. The van der Waals surface area contributed by atoms with Gasteiger partial charge in [-0.25, -0.2) is 8.42 Å². The fourth-order valence-corrected chi connectivity index (χ4v) is 4.22. The van der Waals surface area contributed by atoms with Gasteiger partial charge in [-0.15, -0.1) is 0 Å². The Kier molecular flexibility index (Phi) is 9.86. The Labute approximate surface area is 224 Å². The zero-order valence-corrected chi connectivity index (χ0v) is 22.8. The van der Waals surface area contributed by atoms with Crippen LogP contribution in [-0.2, 0) is 39.1 Å². The summed E-state index contributed by atoms with van der Waals surface area (Å²) >= 11 is 6.04. The molecule has 2 amide bonds. The van der Waals surface area contributed by atoms with E-state index in [2.05, 4.69) is 5.32 Å². The number of amides is 2. The van der Waals surface area contributed by atoms with Crippen molar-refractivity contribution < 1.29 is 18.0 Å². The number of benzene rings is 3. The summed E-state index contributed by atoms with van der Waals surface area (Å²) in [4.78, 5) is 28.6. The standard InChI is InChI=1S/C28H32ClN3O4S/c1-21-9-11-23(12-10-21)18-30-28(34)26(17-22-7-5-4-6-8-22)32(19-24-13-15-25(29)16-14-24)27(33)20-31(2)37(3,35)36/h4-16,26H,17-20H2,1-3H3,(H,30,34)/t26-/m0/s1. The van der Waals surface area contributed by atoms with E-state index in [0.717, 1.165) is 32.8 Å². The summed E-state index contributed by atoms with van der Waals surface area (Å²) in [5.41, 5.74) is 3.70. The lowest BCUT2D eigenvalue weighted by molar-refractivity contribution is -0.141. The number of sulfonamides is 1. The highest BCUT2D eigenvalue weighted by Gasteiger charge is 2.31. The number of aryl methyl sites for hydroxylation is 1. The van der Waals surface area contributed by atoms with Gasteiger partial charge in [-0.05, 0) is 35.7 Å². The highest BCUT2D eigenvalue weighted by atomic mass is 35.5. The molecule has 0 unspecified atom stereocenters. The van der Waals surface area contributed by atoms with E-state index >= 15 is 0 Å². The van der Waals surface area contributed by atoms with Crippen LogP contribution in [-0.4, -0.2) is 55.3 Å². The van der Waals surface area contributed by atoms with Crippen LogP contribution in [0.15, 0.2) is 78.9 Å². The van der Waals surface area contributed by atoms with E-state index in [9.17, 15) is 18.0 Å². The van der Waals surface area contributed by atoms with Gasteiger partial charge in [0, 0.05) is 31.6 Å². The Bertz CT molecular complexity index is 1300. The number of halogens is 1. The quantitative estimate of drug-likeness (QED) is 0.400. The van der Waals surface area contributed by atoms with Crippen molar-refractivity contribution in [3.05, 3.63) is 106 Å². The first-order chi connectivity index (χ1) is 17.5. The predicted octanol–water partition coefficient (Wildman–Crippen LogP) is 3.80. The number of rotatable bonds is 11. The Hall–Kier alpha value is -3.20. The number of carbonyl (C=O) groups is 2. The predicted molar refractivity (Wildman–Crippen MR) is 146 cm³/mol. The average Bonchev–Trinajstić information content (AvgIpc) is 2.86. The zero-order valence-electron chi connectivity index (χ0n) is 21.2. The summed E-state index contributed by atoms with van der Waals surface area (Å²) in [6, 6.07) is 23.4. The van der Waals surface area contributed by atoms with E-state index in [4.69, 9.17) is 11.6 Å². The molecular formula is C28H32ClN3O4S. The van der Waals surface area contributed by atoms with Crippen LogP contribution in [0, 0.1) is 6.92 Å². The third-order valence-corrected chi connectivity index (χ3v) is 7.56. The van der Waals surface area contributed by atoms with Gasteiger partial charge in [-0.1, -0.05) is 83.9 Å². The number of nitrogens with one attached hydrogen (secondary N) is 1. The highest BCUT2D eigenvalue weighted by Crippen LogP contribution is 2.17. The Morgan fingerprint density at radius 3 is 2.08 bits per heavy atom. The molecule has 196 valence electrons. The average molecular weight is 542 g/mol. The number of likely N-dealkylation sites (N-methyl/N-ethyl adjacent to an activating group) is 1. The van der Waals surface area contributed by atoms with Gasteiger partial charge in [0.1, 0.15) is 6.04 Å². The van der Waals surface area contributed by atoms with Crippen molar-refractivity contribution in [3.63, 3.8) is 0 Å². The Morgan fingerprint density at radius 2 is 1.49 bits per heavy atom. The van der Waals surface area contributed by atoms with Crippen LogP contribution in [0.3, 0.4) is 0 Å². The van der Waals surface area contributed by atoms with Crippen molar-refractivity contribution in [1.29, 1.82) is 0 Å². The van der Waals surface area contributed by atoms with Crippen LogP contribution in [0.2, 0.25) is 5.02 Å². The number of hydrogen-bond donors (Lipinski definition) is 1. The van der Waals surface area contributed by atoms with Crippen molar-refractivity contribution in [2.45, 2.75) is 32.5 Å². The molecule has 37 heavy (non-hydrogen) atoms. The molecule has 0 fully saturated rings. The van der Waals surface area contributed by atoms with E-state index in [1.807, 2.05) is 61.5 Å².